The molecule has 0 aliphatic carbocycles. The van der Waals surface area contributed by atoms with Gasteiger partial charge >= 0.3 is 0 Å². The van der Waals surface area contributed by atoms with Gasteiger partial charge in [0.25, 0.3) is 5.69 Å². The van der Waals surface area contributed by atoms with Crippen molar-refractivity contribution in [1.82, 2.24) is 4.31 Å². The molecule has 0 atom stereocenters. The van der Waals surface area contributed by atoms with Crippen LogP contribution in [0.2, 0.25) is 0 Å². The highest BCUT2D eigenvalue weighted by Gasteiger charge is 2.24. The Morgan fingerprint density at radius 1 is 1.37 bits per heavy atom. The van der Waals surface area contributed by atoms with Crippen LogP contribution in [0.4, 0.5) is 5.69 Å². The first kappa shape index (κ1) is 15.5. The first-order valence-corrected chi connectivity index (χ1v) is 7.34. The number of aliphatic hydroxyl groups excluding tert-OH is 1. The maximum Gasteiger partial charge on any atom is 0.273 e. The van der Waals surface area contributed by atoms with Crippen molar-refractivity contribution in [2.75, 3.05) is 19.7 Å². The van der Waals surface area contributed by atoms with E-state index in [0.29, 0.717) is 0 Å². The van der Waals surface area contributed by atoms with Crippen LogP contribution in [0.25, 0.3) is 0 Å². The van der Waals surface area contributed by atoms with E-state index in [4.69, 9.17) is 5.11 Å². The molecular formula is C11H16N2O5S. The van der Waals surface area contributed by atoms with E-state index in [1.165, 1.54) is 18.2 Å². The average Bonchev–Trinajstić information content (AvgIpc) is 2.35. The molecule has 8 heteroatoms. The van der Waals surface area contributed by atoms with Crippen molar-refractivity contribution in [2.45, 2.75) is 12.7 Å². The van der Waals surface area contributed by atoms with Crippen LogP contribution < -0.4 is 0 Å². The van der Waals surface area contributed by atoms with Crippen molar-refractivity contribution in [3.63, 3.8) is 0 Å². The molecule has 0 saturated heterocycles. The fraction of sp³-hybridized carbons (Fsp3) is 0.455. The van der Waals surface area contributed by atoms with E-state index in [1.54, 1.807) is 13.0 Å². The lowest BCUT2D eigenvalue weighted by molar-refractivity contribution is -0.385. The van der Waals surface area contributed by atoms with Crippen LogP contribution in [0, 0.1) is 10.1 Å². The first-order valence-electron chi connectivity index (χ1n) is 5.73. The SMILES string of the molecule is CCN(CCO)S(=O)(=O)Cc1ccccc1[N+](=O)[O-]. The maximum atomic E-state index is 12.1. The molecule has 0 bridgehead atoms. The Morgan fingerprint density at radius 3 is 2.53 bits per heavy atom. The summed E-state index contributed by atoms with van der Waals surface area (Å²) in [6.07, 6.45) is 0. The Bertz CT molecular complexity index is 544. The molecule has 1 aromatic carbocycles. The quantitative estimate of drug-likeness (QED) is 0.589. The number of para-hydroxylation sites is 1. The Hall–Kier alpha value is -1.51. The van der Waals surface area contributed by atoms with Crippen LogP contribution in [0.15, 0.2) is 24.3 Å². The number of nitrogens with zero attached hydrogens (tertiary/aromatic N) is 2. The van der Waals surface area contributed by atoms with Crippen molar-refractivity contribution < 1.29 is 18.4 Å². The molecule has 0 heterocycles. The third-order valence-electron chi connectivity index (χ3n) is 2.62. The maximum absolute atomic E-state index is 12.1. The summed E-state index contributed by atoms with van der Waals surface area (Å²) in [5.41, 5.74) is -0.0741. The van der Waals surface area contributed by atoms with Gasteiger partial charge < -0.3 is 5.11 Å². The highest BCUT2D eigenvalue weighted by Crippen LogP contribution is 2.21. The molecule has 1 N–H and O–H groups in total. The smallest absolute Gasteiger partial charge is 0.273 e. The van der Waals surface area contributed by atoms with E-state index < -0.39 is 20.7 Å². The molecule has 106 valence electrons. The van der Waals surface area contributed by atoms with E-state index in [-0.39, 0.29) is 30.9 Å². The summed E-state index contributed by atoms with van der Waals surface area (Å²) >= 11 is 0. The van der Waals surface area contributed by atoms with Crippen LogP contribution in [0.1, 0.15) is 12.5 Å². The second-order valence-electron chi connectivity index (χ2n) is 3.86. The first-order chi connectivity index (χ1) is 8.92. The number of likely N-dealkylation sites (N-methyl/N-ethyl adjacent to an activating group) is 1. The van der Waals surface area contributed by atoms with Crippen LogP contribution >= 0.6 is 0 Å². The number of nitro groups is 1. The second-order valence-corrected chi connectivity index (χ2v) is 5.83. The summed E-state index contributed by atoms with van der Waals surface area (Å²) in [7, 11) is -3.67. The van der Waals surface area contributed by atoms with Crippen molar-refractivity contribution in [3.8, 4) is 0 Å². The van der Waals surface area contributed by atoms with Gasteiger partial charge in [-0.1, -0.05) is 25.1 Å². The molecule has 0 aliphatic rings. The molecule has 0 aliphatic heterocycles. The third-order valence-corrected chi connectivity index (χ3v) is 4.53. The highest BCUT2D eigenvalue weighted by atomic mass is 32.2. The van der Waals surface area contributed by atoms with Gasteiger partial charge in [0.2, 0.25) is 10.0 Å². The Labute approximate surface area is 111 Å². The number of nitro benzene ring substituents is 1. The lowest BCUT2D eigenvalue weighted by atomic mass is 10.2. The molecule has 0 amide bonds. The summed E-state index contributed by atoms with van der Waals surface area (Å²) in [5, 5.41) is 19.7. The van der Waals surface area contributed by atoms with Crippen LogP contribution in [0.3, 0.4) is 0 Å². The Kier molecular flexibility index (Phi) is 5.40. The minimum absolute atomic E-state index is 0.0144. The highest BCUT2D eigenvalue weighted by molar-refractivity contribution is 7.88. The topological polar surface area (TPSA) is 101 Å². The van der Waals surface area contributed by atoms with Gasteiger partial charge in [0.15, 0.2) is 0 Å². The Balaban J connectivity index is 3.04. The largest absolute Gasteiger partial charge is 0.395 e. The lowest BCUT2D eigenvalue weighted by Gasteiger charge is -2.19. The van der Waals surface area contributed by atoms with Crippen molar-refractivity contribution in [2.24, 2.45) is 0 Å². The minimum atomic E-state index is -3.67. The molecule has 0 spiro atoms. The minimum Gasteiger partial charge on any atom is -0.395 e. The van der Waals surface area contributed by atoms with Crippen molar-refractivity contribution in [1.29, 1.82) is 0 Å². The van der Waals surface area contributed by atoms with E-state index in [1.807, 2.05) is 0 Å². The summed E-state index contributed by atoms with van der Waals surface area (Å²) in [6.45, 7) is 1.56. The zero-order valence-corrected chi connectivity index (χ0v) is 11.3. The summed E-state index contributed by atoms with van der Waals surface area (Å²) < 4.78 is 25.3. The van der Waals surface area contributed by atoms with Gasteiger partial charge in [-0.3, -0.25) is 10.1 Å². The molecule has 1 rings (SSSR count). The fourth-order valence-corrected chi connectivity index (χ4v) is 3.28. The zero-order valence-electron chi connectivity index (χ0n) is 10.5. The van der Waals surface area contributed by atoms with Gasteiger partial charge in [-0.2, -0.15) is 4.31 Å². The van der Waals surface area contributed by atoms with Crippen LogP contribution in [-0.2, 0) is 15.8 Å². The zero-order chi connectivity index (χ0) is 14.5. The molecule has 0 saturated carbocycles. The number of rotatable bonds is 7. The van der Waals surface area contributed by atoms with E-state index in [0.717, 1.165) is 4.31 Å². The van der Waals surface area contributed by atoms with Gasteiger partial charge in [-0.05, 0) is 0 Å². The number of aliphatic hydroxyl groups is 1. The van der Waals surface area contributed by atoms with Crippen molar-refractivity contribution in [3.05, 3.63) is 39.9 Å². The van der Waals surface area contributed by atoms with Crippen LogP contribution in [-0.4, -0.2) is 42.4 Å². The fourth-order valence-electron chi connectivity index (χ4n) is 1.70. The van der Waals surface area contributed by atoms with Gasteiger partial charge in [0.05, 0.1) is 17.3 Å². The molecule has 19 heavy (non-hydrogen) atoms. The van der Waals surface area contributed by atoms with Crippen molar-refractivity contribution >= 4 is 15.7 Å². The van der Waals surface area contributed by atoms with Gasteiger partial charge in [-0.15, -0.1) is 0 Å². The summed E-state index contributed by atoms with van der Waals surface area (Å²) in [5.74, 6) is -0.446. The third kappa shape index (κ3) is 3.98. The number of hydrogen-bond acceptors (Lipinski definition) is 5. The Morgan fingerprint density at radius 2 is 2.00 bits per heavy atom. The molecule has 1 aromatic rings. The average molecular weight is 288 g/mol. The molecular weight excluding hydrogens is 272 g/mol. The lowest BCUT2D eigenvalue weighted by Crippen LogP contribution is -2.34. The van der Waals surface area contributed by atoms with E-state index in [2.05, 4.69) is 0 Å². The monoisotopic (exact) mass is 288 g/mol. The standard InChI is InChI=1S/C11H16N2O5S/c1-2-12(7-8-14)19(17,18)9-10-5-3-4-6-11(10)13(15)16/h3-6,14H,2,7-9H2,1H3. The molecule has 0 radical (unpaired) electrons. The van der Waals surface area contributed by atoms with Gasteiger partial charge in [0.1, 0.15) is 0 Å². The molecule has 0 fully saturated rings. The second kappa shape index (κ2) is 6.60. The number of sulfonamides is 1. The van der Waals surface area contributed by atoms with E-state index >= 15 is 0 Å². The number of benzene rings is 1. The van der Waals surface area contributed by atoms with Crippen LogP contribution in [0.5, 0.6) is 0 Å². The summed E-state index contributed by atoms with van der Waals surface area (Å²) in [4.78, 5) is 10.2. The summed E-state index contributed by atoms with van der Waals surface area (Å²) in [6, 6.07) is 5.73. The molecule has 7 nitrogen and oxygen atoms in total. The van der Waals surface area contributed by atoms with E-state index in [9.17, 15) is 18.5 Å². The predicted octanol–water partition coefficient (Wildman–Crippen LogP) is 0.739. The normalized spacial score (nSPS) is 11.7. The predicted molar refractivity (Wildman–Crippen MR) is 70.1 cm³/mol. The molecule has 0 aromatic heterocycles. The van der Waals surface area contributed by atoms with Gasteiger partial charge in [-0.25, -0.2) is 8.42 Å². The molecule has 0 unspecified atom stereocenters. The van der Waals surface area contributed by atoms with Gasteiger partial charge in [0, 0.05) is 24.7 Å². The number of hydrogen-bond donors (Lipinski definition) is 1.